The molecule has 0 spiro atoms. The predicted molar refractivity (Wildman–Crippen MR) is 114 cm³/mol. The largest absolute Gasteiger partial charge is 0.393 e. The van der Waals surface area contributed by atoms with Crippen LogP contribution < -0.4 is 0 Å². The molecule has 0 saturated heterocycles. The highest BCUT2D eigenvalue weighted by Crippen LogP contribution is 2.64. The van der Waals surface area contributed by atoms with Gasteiger partial charge in [0.1, 0.15) is 0 Å². The Balaban J connectivity index is 1.48. The van der Waals surface area contributed by atoms with Gasteiger partial charge in [-0.3, -0.25) is 9.48 Å². The third kappa shape index (κ3) is 2.74. The monoisotopic (exact) mass is 394 g/mol. The lowest BCUT2D eigenvalue weighted by molar-refractivity contribution is -0.130. The molecular weight excluding hydrogens is 360 g/mol. The maximum absolute atomic E-state index is 13.5. The van der Waals surface area contributed by atoms with Gasteiger partial charge in [0.05, 0.1) is 11.8 Å². The molecule has 0 amide bonds. The molecular formula is C25H34N2O2. The van der Waals surface area contributed by atoms with E-state index in [-0.39, 0.29) is 16.9 Å². The van der Waals surface area contributed by atoms with Crippen LogP contribution >= 0.6 is 0 Å². The second-order valence-electron chi connectivity index (χ2n) is 10.4. The minimum Gasteiger partial charge on any atom is -0.393 e. The smallest absolute Gasteiger partial charge is 0.165 e. The third-order valence-electron chi connectivity index (χ3n) is 9.09. The first-order valence-corrected chi connectivity index (χ1v) is 11.5. The average molecular weight is 395 g/mol. The molecule has 6 atom stereocenters. The molecule has 3 fully saturated rings. The van der Waals surface area contributed by atoms with E-state index in [1.165, 1.54) is 5.57 Å². The van der Waals surface area contributed by atoms with Crippen LogP contribution in [0.1, 0.15) is 71.4 Å². The Hall–Kier alpha value is -1.68. The van der Waals surface area contributed by atoms with Crippen molar-refractivity contribution in [3.63, 3.8) is 0 Å². The first-order chi connectivity index (χ1) is 13.9. The van der Waals surface area contributed by atoms with E-state index in [1.807, 2.05) is 16.9 Å². The number of hydrogen-bond acceptors (Lipinski definition) is 3. The van der Waals surface area contributed by atoms with Gasteiger partial charge in [-0.2, -0.15) is 5.10 Å². The first kappa shape index (κ1) is 19.3. The summed E-state index contributed by atoms with van der Waals surface area (Å²) in [5.41, 5.74) is 3.56. The van der Waals surface area contributed by atoms with Gasteiger partial charge in [-0.1, -0.05) is 25.5 Å². The Morgan fingerprint density at radius 2 is 2.00 bits per heavy atom. The zero-order chi connectivity index (χ0) is 20.4. The van der Waals surface area contributed by atoms with Gasteiger partial charge in [0.15, 0.2) is 5.78 Å². The minimum absolute atomic E-state index is 0.161. The molecule has 1 heterocycles. The highest BCUT2D eigenvalue weighted by molar-refractivity contribution is 6.05. The number of rotatable bonds is 2. The van der Waals surface area contributed by atoms with Crippen molar-refractivity contribution < 1.29 is 9.90 Å². The van der Waals surface area contributed by atoms with Crippen LogP contribution in [0.25, 0.3) is 6.08 Å². The Kier molecular flexibility index (Phi) is 4.43. The lowest BCUT2D eigenvalue weighted by atomic mass is 9.48. The van der Waals surface area contributed by atoms with Crippen LogP contribution in [0.4, 0.5) is 0 Å². The fourth-order valence-corrected chi connectivity index (χ4v) is 7.35. The van der Waals surface area contributed by atoms with Gasteiger partial charge >= 0.3 is 0 Å². The zero-order valence-corrected chi connectivity index (χ0v) is 18.0. The number of aliphatic hydroxyl groups is 1. The number of ketones is 1. The van der Waals surface area contributed by atoms with E-state index >= 15 is 0 Å². The normalized spacial score (nSPS) is 43.0. The molecule has 4 aliphatic carbocycles. The number of Topliss-reactive ketones (excluding diaryl/α,β-unsaturated/α-hetero) is 1. The van der Waals surface area contributed by atoms with E-state index in [2.05, 4.69) is 38.0 Å². The molecule has 4 aliphatic rings. The average Bonchev–Trinajstić information content (AvgIpc) is 3.25. The van der Waals surface area contributed by atoms with Crippen LogP contribution in [0.2, 0.25) is 0 Å². The number of allylic oxidation sites excluding steroid dienone is 2. The highest BCUT2D eigenvalue weighted by Gasteiger charge is 2.59. The van der Waals surface area contributed by atoms with Gasteiger partial charge in [0.25, 0.3) is 0 Å². The van der Waals surface area contributed by atoms with Crippen molar-refractivity contribution in [3.05, 3.63) is 35.2 Å². The molecule has 4 heteroatoms. The quantitative estimate of drug-likeness (QED) is 0.580. The summed E-state index contributed by atoms with van der Waals surface area (Å²) >= 11 is 0. The highest BCUT2D eigenvalue weighted by atomic mass is 16.3. The molecule has 1 N–H and O–H groups in total. The Morgan fingerprint density at radius 1 is 1.21 bits per heavy atom. The molecule has 1 aromatic heterocycles. The second-order valence-corrected chi connectivity index (χ2v) is 10.4. The van der Waals surface area contributed by atoms with E-state index in [4.69, 9.17) is 0 Å². The fourth-order valence-electron chi connectivity index (χ4n) is 7.35. The van der Waals surface area contributed by atoms with Crippen molar-refractivity contribution in [2.45, 2.75) is 78.4 Å². The van der Waals surface area contributed by atoms with Crippen LogP contribution in [0.5, 0.6) is 0 Å². The molecule has 29 heavy (non-hydrogen) atoms. The molecule has 0 radical (unpaired) electrons. The standard InChI is InChI=1S/C25H34N2O2/c1-4-27-18(9-12-26-27)13-16-14-22-20-6-5-17-15-19(28)7-10-24(17,2)21(20)8-11-25(22,3)23(16)29/h5,9,12-13,19-22,28H,4,6-8,10-11,14-15H2,1-3H3/b16-13+/t19-,20-,21+,22+,24+,25+/m1/s1. The van der Waals surface area contributed by atoms with E-state index in [0.717, 1.165) is 62.8 Å². The molecule has 0 aromatic carbocycles. The van der Waals surface area contributed by atoms with Gasteiger partial charge in [0, 0.05) is 18.2 Å². The number of carbonyl (C=O) groups is 1. The predicted octanol–water partition coefficient (Wildman–Crippen LogP) is 4.79. The summed E-state index contributed by atoms with van der Waals surface area (Å²) < 4.78 is 1.97. The van der Waals surface area contributed by atoms with Crippen molar-refractivity contribution in [1.29, 1.82) is 0 Å². The number of carbonyl (C=O) groups excluding carboxylic acids is 1. The zero-order valence-electron chi connectivity index (χ0n) is 18.0. The Morgan fingerprint density at radius 3 is 2.79 bits per heavy atom. The van der Waals surface area contributed by atoms with Crippen molar-refractivity contribution in [2.75, 3.05) is 0 Å². The summed E-state index contributed by atoms with van der Waals surface area (Å²) in [5, 5.41) is 14.6. The third-order valence-corrected chi connectivity index (χ3v) is 9.09. The molecule has 3 saturated carbocycles. The van der Waals surface area contributed by atoms with E-state index in [0.29, 0.717) is 23.5 Å². The Labute approximate surface area is 174 Å². The minimum atomic E-state index is -0.208. The van der Waals surface area contributed by atoms with Crippen molar-refractivity contribution in [3.8, 4) is 0 Å². The molecule has 0 aliphatic heterocycles. The van der Waals surface area contributed by atoms with E-state index in [1.54, 1.807) is 0 Å². The number of aliphatic hydroxyl groups excluding tert-OH is 1. The Bertz CT molecular complexity index is 896. The van der Waals surface area contributed by atoms with Crippen LogP contribution in [0.15, 0.2) is 29.5 Å². The number of nitrogens with zero attached hydrogens (tertiary/aromatic N) is 2. The van der Waals surface area contributed by atoms with Crippen LogP contribution in [0, 0.1) is 28.6 Å². The van der Waals surface area contributed by atoms with Crippen LogP contribution in [-0.4, -0.2) is 26.8 Å². The van der Waals surface area contributed by atoms with Crippen molar-refractivity contribution in [2.24, 2.45) is 28.6 Å². The first-order valence-electron chi connectivity index (χ1n) is 11.5. The van der Waals surface area contributed by atoms with Gasteiger partial charge in [-0.25, -0.2) is 0 Å². The fraction of sp³-hybridized carbons (Fsp3) is 0.680. The molecule has 156 valence electrons. The molecule has 5 rings (SSSR count). The molecule has 0 unspecified atom stereocenters. The van der Waals surface area contributed by atoms with Crippen molar-refractivity contribution in [1.82, 2.24) is 9.78 Å². The van der Waals surface area contributed by atoms with Gasteiger partial charge in [0.2, 0.25) is 0 Å². The summed E-state index contributed by atoms with van der Waals surface area (Å²) in [7, 11) is 0. The van der Waals surface area contributed by atoms with Crippen LogP contribution in [-0.2, 0) is 11.3 Å². The second kappa shape index (κ2) is 6.66. The summed E-state index contributed by atoms with van der Waals surface area (Å²) in [4.78, 5) is 13.5. The number of aromatic nitrogens is 2. The topological polar surface area (TPSA) is 55.1 Å². The van der Waals surface area contributed by atoms with Gasteiger partial charge in [-0.15, -0.1) is 0 Å². The van der Waals surface area contributed by atoms with Crippen molar-refractivity contribution >= 4 is 11.9 Å². The van der Waals surface area contributed by atoms with Crippen LogP contribution in [0.3, 0.4) is 0 Å². The summed E-state index contributed by atoms with van der Waals surface area (Å²) in [6, 6.07) is 2.01. The SMILES string of the molecule is CCn1nccc1/C=C1\C[C@H]2[C@@H]3CC=C4C[C@H](O)CC[C@]4(C)[C@H]3CC[C@]2(C)C1=O. The summed E-state index contributed by atoms with van der Waals surface area (Å²) in [6.45, 7) is 7.59. The van der Waals surface area contributed by atoms with Gasteiger partial charge in [-0.05, 0) is 92.8 Å². The maximum atomic E-state index is 13.5. The summed E-state index contributed by atoms with van der Waals surface area (Å²) in [5.74, 6) is 2.06. The lowest BCUT2D eigenvalue weighted by Gasteiger charge is -2.56. The molecule has 1 aromatic rings. The molecule has 4 nitrogen and oxygen atoms in total. The van der Waals surface area contributed by atoms with Gasteiger partial charge < -0.3 is 5.11 Å². The summed E-state index contributed by atoms with van der Waals surface area (Å²) in [6.07, 6.45) is 13.2. The van der Waals surface area contributed by atoms with E-state index < -0.39 is 0 Å². The number of aryl methyl sites for hydroxylation is 1. The number of hydrogen-bond donors (Lipinski definition) is 1. The maximum Gasteiger partial charge on any atom is 0.165 e. The molecule has 0 bridgehead atoms. The lowest BCUT2D eigenvalue weighted by Crippen LogP contribution is -2.50. The van der Waals surface area contributed by atoms with E-state index in [9.17, 15) is 9.90 Å². The number of fused-ring (bicyclic) bond motifs is 5.